The maximum atomic E-state index is 12.4. The number of amides is 1. The van der Waals surface area contributed by atoms with Gasteiger partial charge in [0.25, 0.3) is 5.91 Å². The van der Waals surface area contributed by atoms with E-state index in [1.807, 2.05) is 30.5 Å². The van der Waals surface area contributed by atoms with Crippen molar-refractivity contribution in [3.05, 3.63) is 63.9 Å². The summed E-state index contributed by atoms with van der Waals surface area (Å²) < 4.78 is 0. The van der Waals surface area contributed by atoms with Crippen molar-refractivity contribution in [2.75, 3.05) is 13.1 Å². The summed E-state index contributed by atoms with van der Waals surface area (Å²) in [5, 5.41) is 7.00. The minimum atomic E-state index is -0.0415. The smallest absolute Gasteiger partial charge is 0.253 e. The maximum Gasteiger partial charge on any atom is 0.253 e. The summed E-state index contributed by atoms with van der Waals surface area (Å²) in [5.41, 5.74) is 4.10. The van der Waals surface area contributed by atoms with Crippen LogP contribution in [0.15, 0.2) is 36.7 Å². The van der Waals surface area contributed by atoms with Gasteiger partial charge < -0.3 is 10.6 Å². The summed E-state index contributed by atoms with van der Waals surface area (Å²) in [6.45, 7) is 2.29. The van der Waals surface area contributed by atoms with Gasteiger partial charge in [0.05, 0.1) is 5.56 Å². The Morgan fingerprint density at radius 3 is 2.91 bits per heavy atom. The third kappa shape index (κ3) is 3.46. The summed E-state index contributed by atoms with van der Waals surface area (Å²) in [6.07, 6.45) is 5.17. The standard InChI is InChI=1S/C17H18ClN3O/c18-14-3-1-12(2-4-14)5-8-21-17(22)16-11-20-10-13-9-19-7-6-15(13)16/h1-4,10-11,19H,5-9H2,(H,21,22). The summed E-state index contributed by atoms with van der Waals surface area (Å²) >= 11 is 5.86. The zero-order valence-corrected chi connectivity index (χ0v) is 13.0. The molecule has 1 aliphatic rings. The molecule has 114 valence electrons. The molecule has 2 heterocycles. The molecule has 2 N–H and O–H groups in total. The molecule has 0 saturated carbocycles. The average molecular weight is 316 g/mol. The van der Waals surface area contributed by atoms with Crippen LogP contribution in [0.2, 0.25) is 5.02 Å². The second-order valence-corrected chi connectivity index (χ2v) is 5.82. The molecule has 0 radical (unpaired) electrons. The first kappa shape index (κ1) is 15.0. The van der Waals surface area contributed by atoms with Gasteiger partial charge in [0, 0.05) is 30.5 Å². The lowest BCUT2D eigenvalue weighted by molar-refractivity contribution is 0.0952. The van der Waals surface area contributed by atoms with E-state index < -0.39 is 0 Å². The lowest BCUT2D eigenvalue weighted by atomic mass is 9.98. The van der Waals surface area contributed by atoms with Crippen LogP contribution < -0.4 is 10.6 Å². The molecule has 22 heavy (non-hydrogen) atoms. The Morgan fingerprint density at radius 1 is 1.27 bits per heavy atom. The predicted molar refractivity (Wildman–Crippen MR) is 87.1 cm³/mol. The monoisotopic (exact) mass is 315 g/mol. The number of pyridine rings is 1. The highest BCUT2D eigenvalue weighted by Crippen LogP contribution is 2.17. The van der Waals surface area contributed by atoms with Crippen molar-refractivity contribution in [3.63, 3.8) is 0 Å². The number of nitrogens with one attached hydrogen (secondary N) is 2. The maximum absolute atomic E-state index is 12.4. The van der Waals surface area contributed by atoms with Crippen molar-refractivity contribution < 1.29 is 4.79 Å². The number of fused-ring (bicyclic) bond motifs is 1. The molecule has 5 heteroatoms. The van der Waals surface area contributed by atoms with Gasteiger partial charge in [-0.25, -0.2) is 0 Å². The van der Waals surface area contributed by atoms with E-state index in [4.69, 9.17) is 11.6 Å². The average Bonchev–Trinajstić information content (AvgIpc) is 2.56. The van der Waals surface area contributed by atoms with Crippen LogP contribution in [0.25, 0.3) is 0 Å². The summed E-state index contributed by atoms with van der Waals surface area (Å²) in [4.78, 5) is 16.5. The molecule has 0 atom stereocenters. The highest BCUT2D eigenvalue weighted by Gasteiger charge is 2.17. The number of nitrogens with zero attached hydrogens (tertiary/aromatic N) is 1. The predicted octanol–water partition coefficient (Wildman–Crippen LogP) is 2.35. The molecule has 1 aliphatic heterocycles. The second-order valence-electron chi connectivity index (χ2n) is 5.38. The number of halogens is 1. The van der Waals surface area contributed by atoms with Gasteiger partial charge in [0.1, 0.15) is 0 Å². The Morgan fingerprint density at radius 2 is 2.09 bits per heavy atom. The van der Waals surface area contributed by atoms with Crippen LogP contribution in [0.1, 0.15) is 27.0 Å². The first-order chi connectivity index (χ1) is 10.7. The number of carbonyl (C=O) groups is 1. The number of benzene rings is 1. The second kappa shape index (κ2) is 6.90. The van der Waals surface area contributed by atoms with Gasteiger partial charge in [-0.15, -0.1) is 0 Å². The SMILES string of the molecule is O=C(NCCc1ccc(Cl)cc1)c1cncc2c1CCNC2. The summed E-state index contributed by atoms with van der Waals surface area (Å²) in [7, 11) is 0. The van der Waals surface area contributed by atoms with Crippen LogP contribution in [0.4, 0.5) is 0 Å². The first-order valence-electron chi connectivity index (χ1n) is 7.43. The van der Waals surface area contributed by atoms with E-state index in [-0.39, 0.29) is 5.91 Å². The molecule has 0 bridgehead atoms. The van der Waals surface area contributed by atoms with Gasteiger partial charge in [0.15, 0.2) is 0 Å². The Kier molecular flexibility index (Phi) is 4.71. The van der Waals surface area contributed by atoms with Gasteiger partial charge in [-0.05, 0) is 48.2 Å². The highest BCUT2D eigenvalue weighted by molar-refractivity contribution is 6.30. The third-order valence-electron chi connectivity index (χ3n) is 3.87. The number of hydrogen-bond donors (Lipinski definition) is 2. The molecule has 0 fully saturated rings. The van der Waals surface area contributed by atoms with Gasteiger partial charge in [0.2, 0.25) is 0 Å². The fourth-order valence-electron chi connectivity index (χ4n) is 2.68. The molecule has 0 saturated heterocycles. The number of carbonyl (C=O) groups excluding carboxylic acids is 1. The van der Waals surface area contributed by atoms with Crippen LogP contribution in [-0.4, -0.2) is 24.0 Å². The minimum Gasteiger partial charge on any atom is -0.352 e. The highest BCUT2D eigenvalue weighted by atomic mass is 35.5. The van der Waals surface area contributed by atoms with E-state index in [0.717, 1.165) is 47.6 Å². The van der Waals surface area contributed by atoms with Crippen LogP contribution >= 0.6 is 11.6 Å². The van der Waals surface area contributed by atoms with E-state index in [9.17, 15) is 4.79 Å². The molecule has 1 aromatic carbocycles. The van der Waals surface area contributed by atoms with Crippen LogP contribution in [0.5, 0.6) is 0 Å². The largest absolute Gasteiger partial charge is 0.352 e. The number of aromatic nitrogens is 1. The fraction of sp³-hybridized carbons (Fsp3) is 0.294. The number of hydrogen-bond acceptors (Lipinski definition) is 3. The Balaban J connectivity index is 1.61. The quantitative estimate of drug-likeness (QED) is 0.910. The van der Waals surface area contributed by atoms with E-state index in [0.29, 0.717) is 12.1 Å². The Labute approximate surface area is 134 Å². The zero-order chi connectivity index (χ0) is 15.4. The topological polar surface area (TPSA) is 54.0 Å². The van der Waals surface area contributed by atoms with E-state index >= 15 is 0 Å². The lowest BCUT2D eigenvalue weighted by Crippen LogP contribution is -2.30. The van der Waals surface area contributed by atoms with E-state index in [1.54, 1.807) is 6.20 Å². The fourth-order valence-corrected chi connectivity index (χ4v) is 2.80. The molecular formula is C17H18ClN3O. The lowest BCUT2D eigenvalue weighted by Gasteiger charge is -2.19. The van der Waals surface area contributed by atoms with Crippen LogP contribution in [0.3, 0.4) is 0 Å². The molecule has 0 spiro atoms. The van der Waals surface area contributed by atoms with Crippen molar-refractivity contribution in [2.45, 2.75) is 19.4 Å². The molecule has 1 amide bonds. The first-order valence-corrected chi connectivity index (χ1v) is 7.81. The molecule has 0 unspecified atom stereocenters. The van der Waals surface area contributed by atoms with Crippen molar-refractivity contribution in [2.24, 2.45) is 0 Å². The molecule has 1 aromatic heterocycles. The molecule has 0 aliphatic carbocycles. The minimum absolute atomic E-state index is 0.0415. The van der Waals surface area contributed by atoms with E-state index in [2.05, 4.69) is 15.6 Å². The van der Waals surface area contributed by atoms with Gasteiger partial charge >= 0.3 is 0 Å². The van der Waals surface area contributed by atoms with Crippen molar-refractivity contribution in [1.29, 1.82) is 0 Å². The molecule has 3 rings (SSSR count). The van der Waals surface area contributed by atoms with Crippen molar-refractivity contribution >= 4 is 17.5 Å². The number of rotatable bonds is 4. The Hall–Kier alpha value is -1.91. The molecule has 2 aromatic rings. The van der Waals surface area contributed by atoms with Crippen molar-refractivity contribution in [1.82, 2.24) is 15.6 Å². The zero-order valence-electron chi connectivity index (χ0n) is 12.2. The van der Waals surface area contributed by atoms with Gasteiger partial charge in [-0.2, -0.15) is 0 Å². The molecule has 4 nitrogen and oxygen atoms in total. The summed E-state index contributed by atoms with van der Waals surface area (Å²) in [5.74, 6) is -0.0415. The van der Waals surface area contributed by atoms with Crippen LogP contribution in [0, 0.1) is 0 Å². The normalized spacial score (nSPS) is 13.5. The third-order valence-corrected chi connectivity index (χ3v) is 4.12. The van der Waals surface area contributed by atoms with Crippen LogP contribution in [-0.2, 0) is 19.4 Å². The van der Waals surface area contributed by atoms with Gasteiger partial charge in [-0.1, -0.05) is 23.7 Å². The van der Waals surface area contributed by atoms with Gasteiger partial charge in [-0.3, -0.25) is 9.78 Å². The molecular weight excluding hydrogens is 298 g/mol. The van der Waals surface area contributed by atoms with E-state index in [1.165, 1.54) is 0 Å². The Bertz CT molecular complexity index is 670. The summed E-state index contributed by atoms with van der Waals surface area (Å²) in [6, 6.07) is 7.69. The van der Waals surface area contributed by atoms with Crippen molar-refractivity contribution in [3.8, 4) is 0 Å².